The van der Waals surface area contributed by atoms with Gasteiger partial charge in [-0.1, -0.05) is 18.2 Å². The number of amides is 1. The SMILES string of the molecule is O=C(c1ccc2ncnn2c1)N1CCC2(CC1)OCCc1cn(-c3ccccc3)nc12. The first-order chi connectivity index (χ1) is 15.2. The zero-order chi connectivity index (χ0) is 20.8. The molecule has 0 N–H and O–H groups in total. The number of nitrogens with zero attached hydrogens (tertiary/aromatic N) is 6. The standard InChI is InChI=1S/C23H22N6O2/c30-22(18-6-7-20-24-16-25-29(20)15-18)27-11-9-23(10-12-27)21-17(8-13-31-23)14-28(26-21)19-4-2-1-3-5-19/h1-7,14-16H,8-13H2. The van der Waals surface area contributed by atoms with Crippen LogP contribution in [0.3, 0.4) is 0 Å². The van der Waals surface area contributed by atoms with Crippen molar-refractivity contribution >= 4 is 11.6 Å². The second kappa shape index (κ2) is 7.02. The van der Waals surface area contributed by atoms with Gasteiger partial charge >= 0.3 is 0 Å². The highest BCUT2D eigenvalue weighted by molar-refractivity contribution is 5.94. The molecule has 4 aromatic rings. The van der Waals surface area contributed by atoms with Gasteiger partial charge in [0.1, 0.15) is 11.9 Å². The van der Waals surface area contributed by atoms with Gasteiger partial charge in [0.25, 0.3) is 5.91 Å². The van der Waals surface area contributed by atoms with Crippen molar-refractivity contribution in [1.29, 1.82) is 0 Å². The second-order valence-electron chi connectivity index (χ2n) is 8.15. The van der Waals surface area contributed by atoms with E-state index in [4.69, 9.17) is 9.84 Å². The largest absolute Gasteiger partial charge is 0.368 e. The molecule has 1 spiro atoms. The fourth-order valence-corrected chi connectivity index (χ4v) is 4.69. The van der Waals surface area contributed by atoms with Crippen molar-refractivity contribution in [2.24, 2.45) is 0 Å². The van der Waals surface area contributed by atoms with Gasteiger partial charge in [-0.25, -0.2) is 14.2 Å². The molecule has 8 nitrogen and oxygen atoms in total. The van der Waals surface area contributed by atoms with E-state index in [-0.39, 0.29) is 5.91 Å². The third-order valence-corrected chi connectivity index (χ3v) is 6.37. The maximum Gasteiger partial charge on any atom is 0.255 e. The molecule has 0 atom stereocenters. The van der Waals surface area contributed by atoms with Crippen LogP contribution in [0.4, 0.5) is 0 Å². The van der Waals surface area contributed by atoms with Crippen LogP contribution in [0.1, 0.15) is 34.5 Å². The van der Waals surface area contributed by atoms with E-state index in [0.717, 1.165) is 36.3 Å². The van der Waals surface area contributed by atoms with Crippen LogP contribution in [0.15, 0.2) is 61.2 Å². The number of hydrogen-bond acceptors (Lipinski definition) is 5. The lowest BCUT2D eigenvalue weighted by Crippen LogP contribution is -2.48. The molecule has 31 heavy (non-hydrogen) atoms. The number of pyridine rings is 1. The van der Waals surface area contributed by atoms with Gasteiger partial charge in [-0.2, -0.15) is 10.2 Å². The van der Waals surface area contributed by atoms with Crippen LogP contribution >= 0.6 is 0 Å². The maximum atomic E-state index is 13.1. The Hall–Kier alpha value is -3.52. The van der Waals surface area contributed by atoms with Gasteiger partial charge in [0.05, 0.1) is 23.6 Å². The van der Waals surface area contributed by atoms with Gasteiger partial charge in [-0.05, 0) is 49.1 Å². The zero-order valence-corrected chi connectivity index (χ0v) is 17.0. The van der Waals surface area contributed by atoms with E-state index in [2.05, 4.69) is 28.4 Å². The Balaban J connectivity index is 1.24. The molecule has 1 aromatic carbocycles. The van der Waals surface area contributed by atoms with E-state index < -0.39 is 5.60 Å². The summed E-state index contributed by atoms with van der Waals surface area (Å²) in [6.07, 6.45) is 7.70. The highest BCUT2D eigenvalue weighted by atomic mass is 16.5. The van der Waals surface area contributed by atoms with Crippen molar-refractivity contribution in [3.8, 4) is 5.69 Å². The molecular weight excluding hydrogens is 392 g/mol. The van der Waals surface area contributed by atoms with Crippen LogP contribution in [0, 0.1) is 0 Å². The highest BCUT2D eigenvalue weighted by Gasteiger charge is 2.44. The fraction of sp³-hybridized carbons (Fsp3) is 0.304. The first-order valence-corrected chi connectivity index (χ1v) is 10.6. The van der Waals surface area contributed by atoms with Crippen LogP contribution in [-0.2, 0) is 16.8 Å². The van der Waals surface area contributed by atoms with Crippen LogP contribution in [0.2, 0.25) is 0 Å². The average molecular weight is 414 g/mol. The normalized spacial score (nSPS) is 17.7. The number of carbonyl (C=O) groups is 1. The molecule has 3 aromatic heterocycles. The molecule has 0 radical (unpaired) electrons. The van der Waals surface area contributed by atoms with Gasteiger partial charge < -0.3 is 9.64 Å². The summed E-state index contributed by atoms with van der Waals surface area (Å²) in [6.45, 7) is 1.95. The second-order valence-corrected chi connectivity index (χ2v) is 8.15. The summed E-state index contributed by atoms with van der Waals surface area (Å²) in [5.41, 5.74) is 4.24. The molecule has 1 saturated heterocycles. The van der Waals surface area contributed by atoms with Crippen molar-refractivity contribution in [2.75, 3.05) is 19.7 Å². The number of rotatable bonds is 2. The lowest BCUT2D eigenvalue weighted by Gasteiger charge is -2.43. The molecule has 0 bridgehead atoms. The van der Waals surface area contributed by atoms with E-state index in [1.807, 2.05) is 39.9 Å². The fourth-order valence-electron chi connectivity index (χ4n) is 4.69. The minimum atomic E-state index is -0.416. The van der Waals surface area contributed by atoms with E-state index >= 15 is 0 Å². The Labute approximate surface area is 179 Å². The number of benzene rings is 1. The Morgan fingerprint density at radius 3 is 2.71 bits per heavy atom. The predicted molar refractivity (Wildman–Crippen MR) is 113 cm³/mol. The number of carbonyl (C=O) groups excluding carboxylic acids is 1. The van der Waals surface area contributed by atoms with E-state index in [1.54, 1.807) is 10.7 Å². The number of aromatic nitrogens is 5. The summed E-state index contributed by atoms with van der Waals surface area (Å²) < 4.78 is 9.91. The Morgan fingerprint density at radius 1 is 1.03 bits per heavy atom. The van der Waals surface area contributed by atoms with Gasteiger partial charge in [0.2, 0.25) is 0 Å². The molecule has 1 amide bonds. The molecule has 8 heteroatoms. The summed E-state index contributed by atoms with van der Waals surface area (Å²) in [6, 6.07) is 13.8. The average Bonchev–Trinajstić information content (AvgIpc) is 3.47. The summed E-state index contributed by atoms with van der Waals surface area (Å²) in [5, 5.41) is 9.06. The van der Waals surface area contributed by atoms with Crippen molar-refractivity contribution in [3.05, 3.63) is 78.0 Å². The molecule has 1 fully saturated rings. The molecular formula is C23H22N6O2. The Morgan fingerprint density at radius 2 is 1.87 bits per heavy atom. The molecule has 156 valence electrons. The molecule has 2 aliphatic rings. The molecule has 0 unspecified atom stereocenters. The number of piperidine rings is 1. The van der Waals surface area contributed by atoms with E-state index in [0.29, 0.717) is 25.3 Å². The van der Waals surface area contributed by atoms with E-state index in [1.165, 1.54) is 11.9 Å². The smallest absolute Gasteiger partial charge is 0.255 e. The minimum Gasteiger partial charge on any atom is -0.368 e. The zero-order valence-electron chi connectivity index (χ0n) is 17.0. The van der Waals surface area contributed by atoms with Crippen LogP contribution < -0.4 is 0 Å². The van der Waals surface area contributed by atoms with Crippen molar-refractivity contribution < 1.29 is 9.53 Å². The Kier molecular flexibility index (Phi) is 4.14. The third kappa shape index (κ3) is 3.02. The van der Waals surface area contributed by atoms with Crippen molar-refractivity contribution in [2.45, 2.75) is 24.9 Å². The van der Waals surface area contributed by atoms with Crippen LogP contribution in [-0.4, -0.2) is 54.9 Å². The number of fused-ring (bicyclic) bond motifs is 3. The summed E-state index contributed by atoms with van der Waals surface area (Å²) in [5.74, 6) is 0.0121. The molecule has 0 saturated carbocycles. The first kappa shape index (κ1) is 18.3. The molecule has 2 aliphatic heterocycles. The van der Waals surface area contributed by atoms with Gasteiger partial charge in [0.15, 0.2) is 5.65 Å². The van der Waals surface area contributed by atoms with Crippen LogP contribution in [0.5, 0.6) is 0 Å². The topological polar surface area (TPSA) is 77.5 Å². The molecule has 0 aliphatic carbocycles. The quantitative estimate of drug-likeness (QED) is 0.504. The maximum absolute atomic E-state index is 13.1. The van der Waals surface area contributed by atoms with Crippen molar-refractivity contribution in [3.63, 3.8) is 0 Å². The lowest BCUT2D eigenvalue weighted by atomic mass is 9.83. The summed E-state index contributed by atoms with van der Waals surface area (Å²) in [4.78, 5) is 19.1. The predicted octanol–water partition coefficient (Wildman–Crippen LogP) is 2.62. The van der Waals surface area contributed by atoms with Gasteiger partial charge in [-0.15, -0.1) is 0 Å². The van der Waals surface area contributed by atoms with E-state index in [9.17, 15) is 4.79 Å². The lowest BCUT2D eigenvalue weighted by molar-refractivity contribution is -0.0963. The Bertz CT molecular complexity index is 1250. The number of ether oxygens (including phenoxy) is 1. The first-order valence-electron chi connectivity index (χ1n) is 10.6. The monoisotopic (exact) mass is 414 g/mol. The van der Waals surface area contributed by atoms with Gasteiger partial charge in [0, 0.05) is 25.5 Å². The van der Waals surface area contributed by atoms with Crippen LogP contribution in [0.25, 0.3) is 11.3 Å². The van der Waals surface area contributed by atoms with Crippen molar-refractivity contribution in [1.82, 2.24) is 29.3 Å². The molecule has 5 heterocycles. The highest BCUT2D eigenvalue weighted by Crippen LogP contribution is 2.41. The number of likely N-dealkylation sites (tertiary alicyclic amines) is 1. The third-order valence-electron chi connectivity index (χ3n) is 6.37. The van der Waals surface area contributed by atoms with Gasteiger partial charge in [-0.3, -0.25) is 4.79 Å². The minimum absolute atomic E-state index is 0.0121. The number of para-hydroxylation sites is 1. The summed E-state index contributed by atoms with van der Waals surface area (Å²) >= 11 is 0. The molecule has 6 rings (SSSR count). The number of hydrogen-bond donors (Lipinski definition) is 0. The summed E-state index contributed by atoms with van der Waals surface area (Å²) in [7, 11) is 0.